The van der Waals surface area contributed by atoms with Crippen LogP contribution in [0.15, 0.2) is 18.3 Å². The standard InChI is InChI=1S/C11H14F3N3/c12-11(13,14)10(4-5-10)17-6-3-9-2-1-8(15)7-16-9/h1-2,7,17H,3-6,15H2. The summed E-state index contributed by atoms with van der Waals surface area (Å²) in [6.45, 7) is 0.274. The van der Waals surface area contributed by atoms with Crippen LogP contribution >= 0.6 is 0 Å². The Labute approximate surface area is 97.2 Å². The van der Waals surface area contributed by atoms with E-state index >= 15 is 0 Å². The summed E-state index contributed by atoms with van der Waals surface area (Å²) in [5, 5.41) is 2.58. The Kier molecular flexibility index (Phi) is 2.99. The number of hydrogen-bond donors (Lipinski definition) is 2. The van der Waals surface area contributed by atoms with Gasteiger partial charge < -0.3 is 11.1 Å². The van der Waals surface area contributed by atoms with E-state index < -0.39 is 11.7 Å². The second kappa shape index (κ2) is 4.18. The maximum atomic E-state index is 12.6. The first-order chi connectivity index (χ1) is 7.93. The zero-order valence-corrected chi connectivity index (χ0v) is 9.22. The fraction of sp³-hybridized carbons (Fsp3) is 0.545. The molecule has 6 heteroatoms. The lowest BCUT2D eigenvalue weighted by molar-refractivity contribution is -0.165. The quantitative estimate of drug-likeness (QED) is 0.851. The Balaban J connectivity index is 1.82. The van der Waals surface area contributed by atoms with Crippen LogP contribution < -0.4 is 11.1 Å². The molecule has 0 bridgehead atoms. The van der Waals surface area contributed by atoms with Gasteiger partial charge in [-0.3, -0.25) is 4.98 Å². The van der Waals surface area contributed by atoms with Crippen molar-refractivity contribution in [2.24, 2.45) is 0 Å². The van der Waals surface area contributed by atoms with Crippen LogP contribution in [0.3, 0.4) is 0 Å². The van der Waals surface area contributed by atoms with Gasteiger partial charge in [-0.1, -0.05) is 0 Å². The highest BCUT2D eigenvalue weighted by atomic mass is 19.4. The van der Waals surface area contributed by atoms with Gasteiger partial charge in [-0.15, -0.1) is 0 Å². The Morgan fingerprint density at radius 2 is 2.06 bits per heavy atom. The summed E-state index contributed by atoms with van der Waals surface area (Å²) in [5.74, 6) is 0. The van der Waals surface area contributed by atoms with Gasteiger partial charge in [0.25, 0.3) is 0 Å². The molecule has 3 nitrogen and oxygen atoms in total. The number of nitrogens with two attached hydrogens (primary N) is 1. The molecule has 94 valence electrons. The van der Waals surface area contributed by atoms with Crippen LogP contribution in [-0.2, 0) is 6.42 Å². The predicted octanol–water partition coefficient (Wildman–Crippen LogP) is 1.89. The number of halogens is 3. The number of alkyl halides is 3. The molecule has 0 spiro atoms. The van der Waals surface area contributed by atoms with Gasteiger partial charge in [0.1, 0.15) is 5.54 Å². The maximum Gasteiger partial charge on any atom is 0.406 e. The molecule has 1 aliphatic carbocycles. The van der Waals surface area contributed by atoms with E-state index in [4.69, 9.17) is 5.73 Å². The predicted molar refractivity (Wildman–Crippen MR) is 58.4 cm³/mol. The summed E-state index contributed by atoms with van der Waals surface area (Å²) < 4.78 is 37.7. The van der Waals surface area contributed by atoms with Crippen molar-refractivity contribution >= 4 is 5.69 Å². The summed E-state index contributed by atoms with van der Waals surface area (Å²) in [5.41, 5.74) is 5.12. The zero-order chi connectivity index (χ0) is 12.5. The lowest BCUT2D eigenvalue weighted by Gasteiger charge is -2.20. The van der Waals surface area contributed by atoms with E-state index in [1.54, 1.807) is 12.1 Å². The summed E-state index contributed by atoms with van der Waals surface area (Å²) in [6, 6.07) is 3.42. The molecule has 1 aromatic heterocycles. The van der Waals surface area contributed by atoms with E-state index in [0.29, 0.717) is 12.1 Å². The molecular formula is C11H14F3N3. The van der Waals surface area contributed by atoms with Crippen molar-refractivity contribution in [2.75, 3.05) is 12.3 Å². The molecule has 0 radical (unpaired) electrons. The fourth-order valence-electron chi connectivity index (χ4n) is 1.70. The van der Waals surface area contributed by atoms with Gasteiger partial charge in [0, 0.05) is 18.7 Å². The number of rotatable bonds is 4. The fourth-order valence-corrected chi connectivity index (χ4v) is 1.70. The van der Waals surface area contributed by atoms with Crippen LogP contribution in [0.2, 0.25) is 0 Å². The van der Waals surface area contributed by atoms with Gasteiger partial charge in [-0.2, -0.15) is 13.2 Å². The minimum atomic E-state index is -4.15. The molecule has 1 heterocycles. The third-order valence-corrected chi connectivity index (χ3v) is 2.98. The van der Waals surface area contributed by atoms with E-state index in [1.807, 2.05) is 0 Å². The highest BCUT2D eigenvalue weighted by Crippen LogP contribution is 2.48. The number of pyridine rings is 1. The highest BCUT2D eigenvalue weighted by Gasteiger charge is 2.62. The zero-order valence-electron chi connectivity index (χ0n) is 9.22. The number of nitrogens with zero attached hydrogens (tertiary/aromatic N) is 1. The van der Waals surface area contributed by atoms with Crippen LogP contribution in [0.25, 0.3) is 0 Å². The Morgan fingerprint density at radius 1 is 1.35 bits per heavy atom. The summed E-state index contributed by atoms with van der Waals surface area (Å²) in [4.78, 5) is 4.03. The average Bonchev–Trinajstić information content (AvgIpc) is 3.01. The van der Waals surface area contributed by atoms with Crippen molar-refractivity contribution in [1.82, 2.24) is 10.3 Å². The van der Waals surface area contributed by atoms with Crippen LogP contribution in [0.4, 0.5) is 18.9 Å². The molecule has 0 aliphatic heterocycles. The number of hydrogen-bond acceptors (Lipinski definition) is 3. The molecule has 1 saturated carbocycles. The molecule has 0 unspecified atom stereocenters. The smallest absolute Gasteiger partial charge is 0.397 e. The molecule has 0 aromatic carbocycles. The van der Waals surface area contributed by atoms with E-state index in [9.17, 15) is 13.2 Å². The van der Waals surface area contributed by atoms with E-state index in [2.05, 4.69) is 10.3 Å². The van der Waals surface area contributed by atoms with Crippen molar-refractivity contribution in [3.05, 3.63) is 24.0 Å². The van der Waals surface area contributed by atoms with Crippen molar-refractivity contribution in [1.29, 1.82) is 0 Å². The molecular weight excluding hydrogens is 231 g/mol. The third-order valence-electron chi connectivity index (χ3n) is 2.98. The Morgan fingerprint density at radius 3 is 2.53 bits per heavy atom. The van der Waals surface area contributed by atoms with Gasteiger partial charge in [-0.25, -0.2) is 0 Å². The second-order valence-corrected chi connectivity index (χ2v) is 4.34. The Hall–Kier alpha value is -1.30. The highest BCUT2D eigenvalue weighted by molar-refractivity contribution is 5.34. The summed E-state index contributed by atoms with van der Waals surface area (Å²) >= 11 is 0. The first-order valence-corrected chi connectivity index (χ1v) is 5.45. The van der Waals surface area contributed by atoms with Gasteiger partial charge in [-0.05, 0) is 25.0 Å². The minimum Gasteiger partial charge on any atom is -0.397 e. The van der Waals surface area contributed by atoms with Gasteiger partial charge >= 0.3 is 6.18 Å². The molecule has 3 N–H and O–H groups in total. The molecule has 1 aromatic rings. The number of nitrogens with one attached hydrogen (secondary N) is 1. The molecule has 2 rings (SSSR count). The van der Waals surface area contributed by atoms with Crippen LogP contribution in [0.1, 0.15) is 18.5 Å². The summed E-state index contributed by atoms with van der Waals surface area (Å²) in [6.07, 6.45) is -1.83. The lowest BCUT2D eigenvalue weighted by Crippen LogP contribution is -2.45. The number of anilines is 1. The first kappa shape index (κ1) is 12.2. The van der Waals surface area contributed by atoms with Crippen molar-refractivity contribution < 1.29 is 13.2 Å². The van der Waals surface area contributed by atoms with E-state index in [1.165, 1.54) is 6.20 Å². The molecule has 0 amide bonds. The average molecular weight is 245 g/mol. The molecule has 0 atom stereocenters. The molecule has 0 saturated heterocycles. The Bertz CT molecular complexity index is 382. The van der Waals surface area contributed by atoms with E-state index in [-0.39, 0.29) is 19.4 Å². The van der Waals surface area contributed by atoms with Crippen LogP contribution in [0, 0.1) is 0 Å². The SMILES string of the molecule is Nc1ccc(CCNC2(C(F)(F)F)CC2)nc1. The topological polar surface area (TPSA) is 50.9 Å². The van der Waals surface area contributed by atoms with Crippen LogP contribution in [-0.4, -0.2) is 23.2 Å². The maximum absolute atomic E-state index is 12.6. The van der Waals surface area contributed by atoms with Gasteiger partial charge in [0.15, 0.2) is 0 Å². The van der Waals surface area contributed by atoms with Gasteiger partial charge in [0.2, 0.25) is 0 Å². The van der Waals surface area contributed by atoms with Crippen LogP contribution in [0.5, 0.6) is 0 Å². The minimum absolute atomic E-state index is 0.172. The number of aromatic nitrogens is 1. The van der Waals surface area contributed by atoms with Crippen molar-refractivity contribution in [3.8, 4) is 0 Å². The number of nitrogen functional groups attached to an aromatic ring is 1. The molecule has 1 aliphatic rings. The normalized spacial score (nSPS) is 18.1. The monoisotopic (exact) mass is 245 g/mol. The second-order valence-electron chi connectivity index (χ2n) is 4.34. The molecule has 17 heavy (non-hydrogen) atoms. The van der Waals surface area contributed by atoms with Crippen molar-refractivity contribution in [2.45, 2.75) is 31.0 Å². The molecule has 1 fully saturated rings. The van der Waals surface area contributed by atoms with Gasteiger partial charge in [0.05, 0.1) is 11.9 Å². The summed E-state index contributed by atoms with van der Waals surface area (Å²) in [7, 11) is 0. The third kappa shape index (κ3) is 2.69. The lowest BCUT2D eigenvalue weighted by atomic mass is 10.2. The van der Waals surface area contributed by atoms with E-state index in [0.717, 1.165) is 5.69 Å². The first-order valence-electron chi connectivity index (χ1n) is 5.45. The van der Waals surface area contributed by atoms with Crippen molar-refractivity contribution in [3.63, 3.8) is 0 Å². The largest absolute Gasteiger partial charge is 0.406 e.